The lowest BCUT2D eigenvalue weighted by Gasteiger charge is -2.10. The predicted octanol–water partition coefficient (Wildman–Crippen LogP) is 2.94. The van der Waals surface area contributed by atoms with Crippen LogP contribution in [0.4, 0.5) is 0 Å². The third kappa shape index (κ3) is 1.92. The van der Waals surface area contributed by atoms with Gasteiger partial charge in [0.25, 0.3) is 0 Å². The number of aliphatic hydroxyl groups excluding tert-OH is 1. The van der Waals surface area contributed by atoms with E-state index in [1.807, 2.05) is 24.3 Å². The molecule has 0 aliphatic heterocycles. The molecule has 1 aromatic heterocycles. The Hall–Kier alpha value is -1.44. The first-order chi connectivity index (χ1) is 7.74. The first-order valence-electron chi connectivity index (χ1n) is 4.82. The Balaban J connectivity index is 2.63. The van der Waals surface area contributed by atoms with Crippen LogP contribution in [0.1, 0.15) is 18.1 Å². The maximum Gasteiger partial charge on any atom is 0.0940 e. The average Bonchev–Trinajstić information content (AvgIpc) is 2.30. The average molecular weight is 277 g/mol. The van der Waals surface area contributed by atoms with E-state index in [2.05, 4.69) is 20.9 Å². The number of rotatable bonds is 2. The number of aromatic nitrogens is 1. The minimum atomic E-state index is -0.782. The molecule has 1 atom stereocenters. The van der Waals surface area contributed by atoms with Gasteiger partial charge in [-0.3, -0.25) is 4.98 Å². The van der Waals surface area contributed by atoms with E-state index in [1.165, 1.54) is 0 Å². The molecule has 0 amide bonds. The highest BCUT2D eigenvalue weighted by atomic mass is 79.9. The molecule has 0 bridgehead atoms. The quantitative estimate of drug-likeness (QED) is 0.918. The van der Waals surface area contributed by atoms with E-state index in [0.29, 0.717) is 5.56 Å². The van der Waals surface area contributed by atoms with Crippen LogP contribution in [0.3, 0.4) is 0 Å². The van der Waals surface area contributed by atoms with E-state index in [9.17, 15) is 5.11 Å². The molecule has 1 unspecified atom stereocenters. The van der Waals surface area contributed by atoms with E-state index >= 15 is 0 Å². The van der Waals surface area contributed by atoms with Gasteiger partial charge in [-0.25, -0.2) is 0 Å². The molecule has 1 aromatic carbocycles. The molecule has 0 saturated heterocycles. The van der Waals surface area contributed by atoms with Gasteiger partial charge in [0.2, 0.25) is 0 Å². The van der Waals surface area contributed by atoms with Gasteiger partial charge in [-0.05, 0) is 12.1 Å². The van der Waals surface area contributed by atoms with Crippen molar-refractivity contribution in [2.45, 2.75) is 12.5 Å². The van der Waals surface area contributed by atoms with Crippen LogP contribution in [0, 0.1) is 11.3 Å². The molecule has 2 rings (SSSR count). The van der Waals surface area contributed by atoms with Gasteiger partial charge in [0.15, 0.2) is 0 Å². The molecule has 1 heterocycles. The third-order valence-electron chi connectivity index (χ3n) is 2.39. The summed E-state index contributed by atoms with van der Waals surface area (Å²) in [6, 6.07) is 9.38. The topological polar surface area (TPSA) is 56.9 Å². The van der Waals surface area contributed by atoms with Gasteiger partial charge in [0.05, 0.1) is 24.1 Å². The summed E-state index contributed by atoms with van der Waals surface area (Å²) >= 11 is 3.43. The zero-order valence-corrected chi connectivity index (χ0v) is 9.98. The van der Waals surface area contributed by atoms with E-state index in [4.69, 9.17) is 5.26 Å². The summed E-state index contributed by atoms with van der Waals surface area (Å²) in [5.74, 6) is 0. The van der Waals surface area contributed by atoms with Crippen molar-refractivity contribution in [1.82, 2.24) is 4.98 Å². The van der Waals surface area contributed by atoms with E-state index in [1.54, 1.807) is 12.3 Å². The number of aliphatic hydroxyl groups is 1. The number of hydrogen-bond acceptors (Lipinski definition) is 3. The number of hydrogen-bond donors (Lipinski definition) is 1. The van der Waals surface area contributed by atoms with Crippen molar-refractivity contribution in [3.05, 3.63) is 40.5 Å². The van der Waals surface area contributed by atoms with Crippen LogP contribution < -0.4 is 0 Å². The molecule has 0 spiro atoms. The van der Waals surface area contributed by atoms with Gasteiger partial charge in [0.1, 0.15) is 0 Å². The van der Waals surface area contributed by atoms with Gasteiger partial charge in [-0.1, -0.05) is 28.1 Å². The highest BCUT2D eigenvalue weighted by Gasteiger charge is 2.12. The first-order valence-corrected chi connectivity index (χ1v) is 5.61. The van der Waals surface area contributed by atoms with Gasteiger partial charge in [-0.2, -0.15) is 5.26 Å². The van der Waals surface area contributed by atoms with Gasteiger partial charge in [-0.15, -0.1) is 0 Å². The molecule has 0 fully saturated rings. The summed E-state index contributed by atoms with van der Waals surface area (Å²) in [6.07, 6.45) is 0.973. The largest absolute Gasteiger partial charge is 0.387 e. The fourth-order valence-electron chi connectivity index (χ4n) is 1.63. The van der Waals surface area contributed by atoms with Gasteiger partial charge >= 0.3 is 0 Å². The Bertz CT molecular complexity index is 562. The van der Waals surface area contributed by atoms with E-state index in [0.717, 1.165) is 15.4 Å². The second kappa shape index (κ2) is 4.60. The lowest BCUT2D eigenvalue weighted by atomic mass is 10.0. The normalized spacial score (nSPS) is 12.3. The monoisotopic (exact) mass is 276 g/mol. The second-order valence-corrected chi connectivity index (χ2v) is 4.27. The Morgan fingerprint density at radius 1 is 1.44 bits per heavy atom. The van der Waals surface area contributed by atoms with Crippen molar-refractivity contribution in [3.63, 3.8) is 0 Å². The van der Waals surface area contributed by atoms with Crippen LogP contribution in [0.25, 0.3) is 10.9 Å². The van der Waals surface area contributed by atoms with Crippen LogP contribution >= 0.6 is 15.9 Å². The standard InChI is InChI=1S/C12H9BrN2O/c13-10-4-3-9(11(16)5-6-14)12-8(10)2-1-7-15-12/h1-4,7,11,16H,5H2. The molecule has 3 nitrogen and oxygen atoms in total. The molecule has 0 radical (unpaired) electrons. The zero-order valence-electron chi connectivity index (χ0n) is 8.39. The van der Waals surface area contributed by atoms with Crippen molar-refractivity contribution in [1.29, 1.82) is 5.26 Å². The lowest BCUT2D eigenvalue weighted by molar-refractivity contribution is 0.185. The Morgan fingerprint density at radius 3 is 3.00 bits per heavy atom. The molecule has 16 heavy (non-hydrogen) atoms. The zero-order chi connectivity index (χ0) is 11.5. The van der Waals surface area contributed by atoms with Crippen molar-refractivity contribution in [2.24, 2.45) is 0 Å². The summed E-state index contributed by atoms with van der Waals surface area (Å²) in [7, 11) is 0. The summed E-state index contributed by atoms with van der Waals surface area (Å²) in [5, 5.41) is 19.4. The maximum absolute atomic E-state index is 9.83. The second-order valence-electron chi connectivity index (χ2n) is 3.41. The number of pyridine rings is 1. The summed E-state index contributed by atoms with van der Waals surface area (Å²) in [6.45, 7) is 0. The minimum Gasteiger partial charge on any atom is -0.387 e. The Kier molecular flexibility index (Phi) is 3.18. The van der Waals surface area contributed by atoms with Gasteiger partial charge in [0, 0.05) is 21.6 Å². The summed E-state index contributed by atoms with van der Waals surface area (Å²) < 4.78 is 0.934. The molecule has 0 saturated carbocycles. The third-order valence-corrected chi connectivity index (χ3v) is 3.08. The highest BCUT2D eigenvalue weighted by molar-refractivity contribution is 9.10. The van der Waals surface area contributed by atoms with Crippen molar-refractivity contribution in [2.75, 3.05) is 0 Å². The molecule has 2 aromatic rings. The number of fused-ring (bicyclic) bond motifs is 1. The highest BCUT2D eigenvalue weighted by Crippen LogP contribution is 2.29. The number of nitriles is 1. The van der Waals surface area contributed by atoms with E-state index < -0.39 is 6.10 Å². The molecule has 4 heteroatoms. The van der Waals surface area contributed by atoms with Crippen LogP contribution in [0.15, 0.2) is 34.9 Å². The van der Waals surface area contributed by atoms with Crippen LogP contribution in [0.5, 0.6) is 0 Å². The van der Waals surface area contributed by atoms with Crippen LogP contribution in [0.2, 0.25) is 0 Å². The number of halogens is 1. The molecule has 0 aliphatic carbocycles. The summed E-state index contributed by atoms with van der Waals surface area (Å²) in [4.78, 5) is 4.25. The molecule has 0 aliphatic rings. The minimum absolute atomic E-state index is 0.0767. The fourth-order valence-corrected chi connectivity index (χ4v) is 2.08. The summed E-state index contributed by atoms with van der Waals surface area (Å²) in [5.41, 5.74) is 1.43. The SMILES string of the molecule is N#CCC(O)c1ccc(Br)c2cccnc12. The smallest absolute Gasteiger partial charge is 0.0940 e. The van der Waals surface area contributed by atoms with Crippen molar-refractivity contribution >= 4 is 26.8 Å². The van der Waals surface area contributed by atoms with Crippen LogP contribution in [-0.2, 0) is 0 Å². The number of nitrogens with zero attached hydrogens (tertiary/aromatic N) is 2. The fraction of sp³-hybridized carbons (Fsp3) is 0.167. The predicted molar refractivity (Wildman–Crippen MR) is 64.6 cm³/mol. The van der Waals surface area contributed by atoms with Gasteiger partial charge < -0.3 is 5.11 Å². The Labute approximate surface area is 101 Å². The lowest BCUT2D eigenvalue weighted by Crippen LogP contribution is -1.98. The van der Waals surface area contributed by atoms with Crippen molar-refractivity contribution in [3.8, 4) is 6.07 Å². The van der Waals surface area contributed by atoms with Crippen molar-refractivity contribution < 1.29 is 5.11 Å². The maximum atomic E-state index is 9.83. The first kappa shape index (κ1) is 11.1. The number of benzene rings is 1. The van der Waals surface area contributed by atoms with Crippen LogP contribution in [-0.4, -0.2) is 10.1 Å². The Morgan fingerprint density at radius 2 is 2.25 bits per heavy atom. The molecular formula is C12H9BrN2O. The van der Waals surface area contributed by atoms with E-state index in [-0.39, 0.29) is 6.42 Å². The molecule has 80 valence electrons. The molecule has 1 N–H and O–H groups in total. The molecular weight excluding hydrogens is 268 g/mol.